The molecule has 7 nitrogen and oxygen atoms in total. The first-order chi connectivity index (χ1) is 12.5. The molecule has 2 atom stereocenters. The van der Waals surface area contributed by atoms with Crippen molar-refractivity contribution in [3.05, 3.63) is 60.7 Å². The predicted molar refractivity (Wildman–Crippen MR) is 98.4 cm³/mol. The van der Waals surface area contributed by atoms with Gasteiger partial charge in [-0.1, -0.05) is 36.4 Å². The van der Waals surface area contributed by atoms with Crippen molar-refractivity contribution in [2.24, 2.45) is 0 Å². The monoisotopic (exact) mass is 380 g/mol. The van der Waals surface area contributed by atoms with Gasteiger partial charge in [0.05, 0.1) is 4.90 Å². The van der Waals surface area contributed by atoms with Crippen LogP contribution >= 0.6 is 0 Å². The number of ether oxygens (including phenoxy) is 2. The van der Waals surface area contributed by atoms with E-state index in [0.29, 0.717) is 5.75 Å². The highest BCUT2D eigenvalue weighted by Crippen LogP contribution is 2.09. The van der Waals surface area contributed by atoms with Crippen LogP contribution in [0.2, 0.25) is 0 Å². The molecule has 0 aromatic heterocycles. The third-order valence-corrected chi connectivity index (χ3v) is 4.99. The van der Waals surface area contributed by atoms with E-state index in [1.54, 1.807) is 30.3 Å². The summed E-state index contributed by atoms with van der Waals surface area (Å²) in [6.45, 7) is 0.565. The first kappa shape index (κ1) is 20.3. The fourth-order valence-corrected chi connectivity index (χ4v) is 3.34. The maximum absolute atomic E-state index is 12.3. The summed E-state index contributed by atoms with van der Waals surface area (Å²) >= 11 is 0. The van der Waals surface area contributed by atoms with Crippen molar-refractivity contribution in [1.29, 1.82) is 0 Å². The highest BCUT2D eigenvalue weighted by Gasteiger charge is 2.19. The second kappa shape index (κ2) is 10.2. The lowest BCUT2D eigenvalue weighted by Gasteiger charge is -2.19. The van der Waals surface area contributed by atoms with Crippen LogP contribution in [0.4, 0.5) is 0 Å². The summed E-state index contributed by atoms with van der Waals surface area (Å²) in [5.74, 6) is 0.678. The highest BCUT2D eigenvalue weighted by molar-refractivity contribution is 7.89. The van der Waals surface area contributed by atoms with Crippen LogP contribution in [0.5, 0.6) is 5.75 Å². The van der Waals surface area contributed by atoms with E-state index in [0.717, 1.165) is 0 Å². The summed E-state index contributed by atoms with van der Waals surface area (Å²) in [6, 6.07) is 17.2. The van der Waals surface area contributed by atoms with E-state index in [1.165, 1.54) is 19.2 Å². The molecule has 0 saturated carbocycles. The van der Waals surface area contributed by atoms with E-state index in [4.69, 9.17) is 9.47 Å². The van der Waals surface area contributed by atoms with Crippen LogP contribution < -0.4 is 14.8 Å². The van der Waals surface area contributed by atoms with E-state index in [1.807, 2.05) is 18.2 Å². The Balaban J connectivity index is 1.74. The number of aliphatic hydroxyl groups excluding tert-OH is 1. The average Bonchev–Trinajstić information content (AvgIpc) is 2.67. The van der Waals surface area contributed by atoms with Gasteiger partial charge in [0.15, 0.2) is 0 Å². The number of aliphatic hydroxyl groups is 1. The number of methoxy groups -OCH3 is 1. The van der Waals surface area contributed by atoms with Gasteiger partial charge in [0.25, 0.3) is 0 Å². The average molecular weight is 380 g/mol. The fourth-order valence-electron chi connectivity index (χ4n) is 2.16. The molecule has 2 aromatic rings. The molecule has 3 N–H and O–H groups in total. The number of para-hydroxylation sites is 1. The van der Waals surface area contributed by atoms with Gasteiger partial charge in [0, 0.05) is 20.2 Å². The molecule has 0 saturated heterocycles. The summed E-state index contributed by atoms with van der Waals surface area (Å²) in [4.78, 5) is 0.165. The summed E-state index contributed by atoms with van der Waals surface area (Å²) in [6.07, 6.45) is -1.50. The molecule has 2 unspecified atom stereocenters. The Bertz CT molecular complexity index is 741. The Kier molecular flexibility index (Phi) is 8.02. The molecule has 0 aliphatic heterocycles. The minimum Gasteiger partial charge on any atom is -0.491 e. The van der Waals surface area contributed by atoms with Crippen LogP contribution in [0.15, 0.2) is 65.6 Å². The molecule has 0 radical (unpaired) electrons. The lowest BCUT2D eigenvalue weighted by atomic mass is 10.3. The second-order valence-electron chi connectivity index (χ2n) is 5.59. The zero-order valence-electron chi connectivity index (χ0n) is 14.5. The second-order valence-corrected chi connectivity index (χ2v) is 7.31. The van der Waals surface area contributed by atoms with Crippen LogP contribution in [0, 0.1) is 0 Å². The molecule has 2 rings (SSSR count). The third kappa shape index (κ3) is 6.74. The van der Waals surface area contributed by atoms with E-state index in [9.17, 15) is 13.5 Å². The van der Waals surface area contributed by atoms with Crippen LogP contribution in [-0.4, -0.2) is 52.7 Å². The number of rotatable bonds is 11. The Morgan fingerprint density at radius 1 is 1.00 bits per heavy atom. The summed E-state index contributed by atoms with van der Waals surface area (Å²) < 4.78 is 37.6. The van der Waals surface area contributed by atoms with Gasteiger partial charge >= 0.3 is 0 Å². The standard InChI is InChI=1S/C18H24N2O5S/c1-24-18(20-26(22,23)17-10-6-3-7-11-17)13-19-12-15(21)14-25-16-8-4-2-5-9-16/h2-11,15,18-21H,12-14H2,1H3. The first-order valence-corrected chi connectivity index (χ1v) is 9.66. The SMILES string of the molecule is COC(CNCC(O)COc1ccccc1)NS(=O)(=O)c1ccccc1. The van der Waals surface area contributed by atoms with Crippen molar-refractivity contribution in [3.8, 4) is 5.75 Å². The van der Waals surface area contributed by atoms with Crippen molar-refractivity contribution < 1.29 is 23.0 Å². The molecule has 0 heterocycles. The third-order valence-electron chi connectivity index (χ3n) is 3.52. The van der Waals surface area contributed by atoms with E-state index < -0.39 is 22.4 Å². The Morgan fingerprint density at radius 2 is 1.62 bits per heavy atom. The first-order valence-electron chi connectivity index (χ1n) is 8.18. The van der Waals surface area contributed by atoms with Gasteiger partial charge in [-0.15, -0.1) is 0 Å². The number of nitrogens with one attached hydrogen (secondary N) is 2. The summed E-state index contributed by atoms with van der Waals surface area (Å²) in [5.41, 5.74) is 0. The van der Waals surface area contributed by atoms with Gasteiger partial charge in [-0.2, -0.15) is 4.72 Å². The number of sulfonamides is 1. The maximum atomic E-state index is 12.3. The molecule has 0 fully saturated rings. The van der Waals surface area contributed by atoms with Crippen molar-refractivity contribution >= 4 is 10.0 Å². The zero-order chi connectivity index (χ0) is 18.8. The topological polar surface area (TPSA) is 96.9 Å². The molecular formula is C18H24N2O5S. The van der Waals surface area contributed by atoms with E-state index in [-0.39, 0.29) is 24.6 Å². The van der Waals surface area contributed by atoms with Crippen LogP contribution in [-0.2, 0) is 14.8 Å². The zero-order valence-corrected chi connectivity index (χ0v) is 15.4. The van der Waals surface area contributed by atoms with Crippen molar-refractivity contribution in [1.82, 2.24) is 10.0 Å². The van der Waals surface area contributed by atoms with Crippen LogP contribution in [0.1, 0.15) is 0 Å². The minimum atomic E-state index is -3.67. The van der Waals surface area contributed by atoms with E-state index in [2.05, 4.69) is 10.0 Å². The largest absolute Gasteiger partial charge is 0.491 e. The molecule has 2 aromatic carbocycles. The summed E-state index contributed by atoms with van der Waals surface area (Å²) in [7, 11) is -2.26. The lowest BCUT2D eigenvalue weighted by Crippen LogP contribution is -2.45. The summed E-state index contributed by atoms with van der Waals surface area (Å²) in [5, 5.41) is 12.9. The Labute approximate surface area is 154 Å². The van der Waals surface area contributed by atoms with Crippen molar-refractivity contribution in [3.63, 3.8) is 0 Å². The van der Waals surface area contributed by atoms with E-state index >= 15 is 0 Å². The smallest absolute Gasteiger partial charge is 0.242 e. The van der Waals surface area contributed by atoms with Gasteiger partial charge in [-0.25, -0.2) is 8.42 Å². The van der Waals surface area contributed by atoms with Gasteiger partial charge < -0.3 is 19.9 Å². The molecule has 142 valence electrons. The lowest BCUT2D eigenvalue weighted by molar-refractivity contribution is 0.0781. The predicted octanol–water partition coefficient (Wildman–Crippen LogP) is 0.967. The molecule has 0 aliphatic carbocycles. The normalized spacial score (nSPS) is 13.9. The van der Waals surface area contributed by atoms with Gasteiger partial charge in [0.2, 0.25) is 10.0 Å². The number of benzene rings is 2. The van der Waals surface area contributed by atoms with Crippen LogP contribution in [0.3, 0.4) is 0 Å². The molecular weight excluding hydrogens is 356 g/mol. The molecule has 0 bridgehead atoms. The Hall–Kier alpha value is -1.97. The molecule has 0 amide bonds. The van der Waals surface area contributed by atoms with Crippen molar-refractivity contribution in [2.45, 2.75) is 17.2 Å². The number of hydrogen-bond donors (Lipinski definition) is 3. The number of hydrogen-bond acceptors (Lipinski definition) is 6. The van der Waals surface area contributed by atoms with Gasteiger partial charge in [0.1, 0.15) is 24.7 Å². The van der Waals surface area contributed by atoms with Gasteiger partial charge in [-0.3, -0.25) is 0 Å². The van der Waals surface area contributed by atoms with Gasteiger partial charge in [-0.05, 0) is 24.3 Å². The molecule has 0 aliphatic rings. The van der Waals surface area contributed by atoms with Crippen LogP contribution in [0.25, 0.3) is 0 Å². The maximum Gasteiger partial charge on any atom is 0.242 e. The molecule has 0 spiro atoms. The minimum absolute atomic E-state index is 0.129. The molecule has 8 heteroatoms. The molecule has 26 heavy (non-hydrogen) atoms. The highest BCUT2D eigenvalue weighted by atomic mass is 32.2. The Morgan fingerprint density at radius 3 is 2.23 bits per heavy atom. The fraction of sp³-hybridized carbons (Fsp3) is 0.333. The quantitative estimate of drug-likeness (QED) is 0.503. The van der Waals surface area contributed by atoms with Crippen molar-refractivity contribution in [2.75, 3.05) is 26.8 Å².